The Bertz CT molecular complexity index is 581. The Kier molecular flexibility index (Phi) is 7.56. The Balaban J connectivity index is 1.46. The van der Waals surface area contributed by atoms with Crippen molar-refractivity contribution in [2.45, 2.75) is 69.7 Å². The summed E-state index contributed by atoms with van der Waals surface area (Å²) in [7, 11) is 3.85. The monoisotopic (exact) mass is 374 g/mol. The molecule has 2 heterocycles. The molecule has 1 aromatic heterocycles. The Morgan fingerprint density at radius 1 is 1.11 bits per heavy atom. The molecule has 3 rings (SSSR count). The summed E-state index contributed by atoms with van der Waals surface area (Å²) in [6.45, 7) is 4.51. The second kappa shape index (κ2) is 10.1. The van der Waals surface area contributed by atoms with Crippen LogP contribution in [0, 0.1) is 0 Å². The molecule has 27 heavy (non-hydrogen) atoms. The van der Waals surface area contributed by atoms with Gasteiger partial charge in [0.25, 0.3) is 0 Å². The summed E-state index contributed by atoms with van der Waals surface area (Å²) >= 11 is 0. The summed E-state index contributed by atoms with van der Waals surface area (Å²) in [4.78, 5) is 7.25. The molecule has 1 saturated heterocycles. The van der Waals surface area contributed by atoms with Gasteiger partial charge in [-0.25, -0.2) is 0 Å². The van der Waals surface area contributed by atoms with Crippen LogP contribution in [0.5, 0.6) is 0 Å². The van der Waals surface area contributed by atoms with E-state index in [1.807, 2.05) is 25.0 Å². The summed E-state index contributed by atoms with van der Waals surface area (Å²) < 4.78 is 1.87. The van der Waals surface area contributed by atoms with Crippen molar-refractivity contribution in [2.75, 3.05) is 33.2 Å². The third kappa shape index (κ3) is 5.71. The highest BCUT2D eigenvalue weighted by Gasteiger charge is 2.38. The van der Waals surface area contributed by atoms with Gasteiger partial charge in [0.05, 0.1) is 6.20 Å². The predicted octanol–water partition coefficient (Wildman–Crippen LogP) is 2.71. The average Bonchev–Trinajstić information content (AvgIpc) is 3.14. The summed E-state index contributed by atoms with van der Waals surface area (Å²) in [6, 6.07) is 0. The van der Waals surface area contributed by atoms with Crippen LogP contribution in [0.3, 0.4) is 0 Å². The summed E-state index contributed by atoms with van der Waals surface area (Å²) in [5, 5.41) is 11.4. The van der Waals surface area contributed by atoms with E-state index in [2.05, 4.69) is 31.8 Å². The molecular formula is C21H38N6. The van der Waals surface area contributed by atoms with Crippen LogP contribution in [0.1, 0.15) is 63.4 Å². The van der Waals surface area contributed by atoms with Gasteiger partial charge in [0.1, 0.15) is 0 Å². The second-order valence-corrected chi connectivity index (χ2v) is 8.31. The fraction of sp³-hybridized carbons (Fsp3) is 0.810. The minimum Gasteiger partial charge on any atom is -0.356 e. The number of piperidine rings is 1. The van der Waals surface area contributed by atoms with Crippen LogP contribution in [0.25, 0.3) is 0 Å². The minimum absolute atomic E-state index is 0.339. The minimum atomic E-state index is 0.339. The van der Waals surface area contributed by atoms with Crippen molar-refractivity contribution >= 4 is 5.96 Å². The highest BCUT2D eigenvalue weighted by molar-refractivity contribution is 5.79. The molecule has 0 amide bonds. The zero-order chi connectivity index (χ0) is 19.0. The molecule has 0 atom stereocenters. The second-order valence-electron chi connectivity index (χ2n) is 8.31. The molecule has 1 aliphatic carbocycles. The van der Waals surface area contributed by atoms with Crippen LogP contribution in [-0.4, -0.2) is 59.4 Å². The summed E-state index contributed by atoms with van der Waals surface area (Å²) in [5.74, 6) is 0.947. The van der Waals surface area contributed by atoms with Crippen LogP contribution < -0.4 is 10.6 Å². The molecule has 1 aromatic rings. The zero-order valence-corrected chi connectivity index (χ0v) is 17.3. The van der Waals surface area contributed by atoms with Gasteiger partial charge in [-0.15, -0.1) is 0 Å². The number of guanidine groups is 1. The van der Waals surface area contributed by atoms with Gasteiger partial charge in [-0.1, -0.05) is 25.7 Å². The first kappa shape index (κ1) is 20.2. The molecule has 2 N–H and O–H groups in total. The molecule has 6 heteroatoms. The van der Waals surface area contributed by atoms with Gasteiger partial charge in [0.2, 0.25) is 0 Å². The lowest BCUT2D eigenvalue weighted by molar-refractivity contribution is 0.0368. The van der Waals surface area contributed by atoms with Crippen molar-refractivity contribution in [3.8, 4) is 0 Å². The standard InChI is InChI=1S/C21H38N6/c1-22-20(23-13-9-10-19-16-25-26(2)17-19)24-18-21(11-5-3-6-12-21)27-14-7-4-8-15-27/h16-17H,3-15,18H2,1-2H3,(H2,22,23,24). The van der Waals surface area contributed by atoms with Crippen molar-refractivity contribution < 1.29 is 0 Å². The van der Waals surface area contributed by atoms with E-state index in [0.29, 0.717) is 5.54 Å². The quantitative estimate of drug-likeness (QED) is 0.438. The lowest BCUT2D eigenvalue weighted by atomic mass is 9.79. The maximum atomic E-state index is 4.46. The molecule has 0 radical (unpaired) electrons. The number of hydrogen-bond acceptors (Lipinski definition) is 3. The predicted molar refractivity (Wildman–Crippen MR) is 112 cm³/mol. The number of aryl methyl sites for hydroxylation is 2. The number of hydrogen-bond donors (Lipinski definition) is 2. The van der Waals surface area contributed by atoms with Crippen LogP contribution in [0.15, 0.2) is 17.4 Å². The number of rotatable bonds is 7. The highest BCUT2D eigenvalue weighted by atomic mass is 15.3. The number of aromatic nitrogens is 2. The number of aliphatic imine (C=N–C) groups is 1. The Labute approximate surface area is 164 Å². The van der Waals surface area contributed by atoms with E-state index in [-0.39, 0.29) is 0 Å². The van der Waals surface area contributed by atoms with E-state index in [9.17, 15) is 0 Å². The fourth-order valence-corrected chi connectivity index (χ4v) is 4.75. The molecule has 0 unspecified atom stereocenters. The van der Waals surface area contributed by atoms with Gasteiger partial charge < -0.3 is 10.6 Å². The van der Waals surface area contributed by atoms with E-state index in [4.69, 9.17) is 0 Å². The van der Waals surface area contributed by atoms with Crippen LogP contribution in [0.2, 0.25) is 0 Å². The topological polar surface area (TPSA) is 57.5 Å². The smallest absolute Gasteiger partial charge is 0.191 e. The van der Waals surface area contributed by atoms with Gasteiger partial charge in [-0.05, 0) is 57.2 Å². The number of likely N-dealkylation sites (tertiary alicyclic amines) is 1. The molecule has 0 spiro atoms. The largest absolute Gasteiger partial charge is 0.356 e. The Morgan fingerprint density at radius 2 is 1.85 bits per heavy atom. The molecule has 1 saturated carbocycles. The summed E-state index contributed by atoms with van der Waals surface area (Å²) in [5.41, 5.74) is 1.64. The summed E-state index contributed by atoms with van der Waals surface area (Å²) in [6.07, 6.45) is 17.1. The third-order valence-electron chi connectivity index (χ3n) is 6.31. The molecule has 0 bridgehead atoms. The molecule has 2 fully saturated rings. The van der Waals surface area contributed by atoms with E-state index in [0.717, 1.165) is 31.9 Å². The zero-order valence-electron chi connectivity index (χ0n) is 17.3. The number of nitrogens with one attached hydrogen (secondary N) is 2. The lowest BCUT2D eigenvalue weighted by Crippen LogP contribution is -2.59. The van der Waals surface area contributed by atoms with Crippen LogP contribution in [-0.2, 0) is 13.5 Å². The van der Waals surface area contributed by atoms with E-state index >= 15 is 0 Å². The van der Waals surface area contributed by atoms with Crippen LogP contribution in [0.4, 0.5) is 0 Å². The normalized spacial score (nSPS) is 21.2. The van der Waals surface area contributed by atoms with Crippen molar-refractivity contribution in [1.29, 1.82) is 0 Å². The van der Waals surface area contributed by atoms with Crippen molar-refractivity contribution in [3.05, 3.63) is 18.0 Å². The van der Waals surface area contributed by atoms with Crippen molar-refractivity contribution in [2.24, 2.45) is 12.0 Å². The van der Waals surface area contributed by atoms with Gasteiger partial charge in [-0.2, -0.15) is 5.10 Å². The van der Waals surface area contributed by atoms with Gasteiger partial charge in [-0.3, -0.25) is 14.6 Å². The van der Waals surface area contributed by atoms with Gasteiger partial charge in [0, 0.05) is 38.9 Å². The molecule has 0 aromatic carbocycles. The van der Waals surface area contributed by atoms with E-state index < -0.39 is 0 Å². The third-order valence-corrected chi connectivity index (χ3v) is 6.31. The van der Waals surface area contributed by atoms with Crippen LogP contribution >= 0.6 is 0 Å². The average molecular weight is 375 g/mol. The fourth-order valence-electron chi connectivity index (χ4n) is 4.75. The van der Waals surface area contributed by atoms with E-state index in [1.165, 1.54) is 70.0 Å². The Hall–Kier alpha value is -1.56. The molecule has 152 valence electrons. The number of nitrogens with zero attached hydrogens (tertiary/aromatic N) is 4. The van der Waals surface area contributed by atoms with E-state index in [1.54, 1.807) is 0 Å². The maximum absolute atomic E-state index is 4.46. The SMILES string of the molecule is CN=C(NCCCc1cnn(C)c1)NCC1(N2CCCCC2)CCCCC1. The molecule has 2 aliphatic rings. The van der Waals surface area contributed by atoms with Crippen molar-refractivity contribution in [3.63, 3.8) is 0 Å². The maximum Gasteiger partial charge on any atom is 0.191 e. The van der Waals surface area contributed by atoms with Gasteiger partial charge in [0.15, 0.2) is 5.96 Å². The first-order valence-electron chi connectivity index (χ1n) is 10.9. The van der Waals surface area contributed by atoms with Crippen molar-refractivity contribution in [1.82, 2.24) is 25.3 Å². The first-order valence-corrected chi connectivity index (χ1v) is 10.9. The van der Waals surface area contributed by atoms with Gasteiger partial charge >= 0.3 is 0 Å². The Morgan fingerprint density at radius 3 is 2.52 bits per heavy atom. The molecule has 1 aliphatic heterocycles. The lowest BCUT2D eigenvalue weighted by Gasteiger charge is -2.48. The molecule has 6 nitrogen and oxygen atoms in total. The molecular weight excluding hydrogens is 336 g/mol. The highest BCUT2D eigenvalue weighted by Crippen LogP contribution is 2.35. The first-order chi connectivity index (χ1) is 13.2.